The van der Waals surface area contributed by atoms with Gasteiger partial charge < -0.3 is 15.1 Å². The van der Waals surface area contributed by atoms with Crippen LogP contribution >= 0.6 is 24.8 Å². The lowest BCUT2D eigenvalue weighted by Crippen LogP contribution is -2.46. The Morgan fingerprint density at radius 1 is 1.28 bits per heavy atom. The second-order valence-corrected chi connectivity index (χ2v) is 6.85. The molecule has 2 aliphatic heterocycles. The molecule has 25 heavy (non-hydrogen) atoms. The molecule has 0 aromatic heterocycles. The van der Waals surface area contributed by atoms with Crippen LogP contribution < -0.4 is 5.32 Å². The van der Waals surface area contributed by atoms with E-state index in [0.29, 0.717) is 6.04 Å². The molecule has 1 aromatic rings. The summed E-state index contributed by atoms with van der Waals surface area (Å²) < 4.78 is 0. The van der Waals surface area contributed by atoms with Gasteiger partial charge in [-0.1, -0.05) is 13.0 Å². The molecule has 0 spiro atoms. The molecule has 1 saturated heterocycles. The molecule has 2 aliphatic rings. The molecule has 1 aromatic carbocycles. The van der Waals surface area contributed by atoms with Gasteiger partial charge in [-0.2, -0.15) is 0 Å². The number of nitrogens with zero attached hydrogens (tertiary/aromatic N) is 2. The summed E-state index contributed by atoms with van der Waals surface area (Å²) in [6.07, 6.45) is 5.51. The third-order valence-corrected chi connectivity index (χ3v) is 5.29. The monoisotopic (exact) mass is 387 g/mol. The van der Waals surface area contributed by atoms with Crippen LogP contribution in [-0.2, 0) is 6.42 Å². The lowest BCUT2D eigenvalue weighted by atomic mass is 9.95. The second-order valence-electron chi connectivity index (χ2n) is 6.85. The van der Waals surface area contributed by atoms with Crippen molar-refractivity contribution in [2.75, 3.05) is 38.5 Å². The summed E-state index contributed by atoms with van der Waals surface area (Å²) in [6.45, 7) is 6.65. The van der Waals surface area contributed by atoms with Gasteiger partial charge in [0.05, 0.1) is 0 Å². The number of hydrogen-bond donors (Lipinski definition) is 1. The molecule has 2 heterocycles. The van der Waals surface area contributed by atoms with Crippen molar-refractivity contribution in [1.29, 1.82) is 0 Å². The van der Waals surface area contributed by atoms with Crippen molar-refractivity contribution in [2.24, 2.45) is 0 Å². The number of piperidine rings is 1. The van der Waals surface area contributed by atoms with E-state index in [1.54, 1.807) is 0 Å². The number of benzene rings is 1. The molecule has 3 rings (SSSR count). The summed E-state index contributed by atoms with van der Waals surface area (Å²) in [4.78, 5) is 17.5. The highest BCUT2D eigenvalue weighted by Crippen LogP contribution is 2.27. The minimum atomic E-state index is 0. The van der Waals surface area contributed by atoms with E-state index in [9.17, 15) is 4.79 Å². The van der Waals surface area contributed by atoms with Crippen LogP contribution in [0.25, 0.3) is 0 Å². The number of nitrogens with one attached hydrogen (secondary N) is 1. The van der Waals surface area contributed by atoms with Gasteiger partial charge in [-0.05, 0) is 56.3 Å². The van der Waals surface area contributed by atoms with Crippen LogP contribution in [0.3, 0.4) is 0 Å². The Hall–Kier alpha value is -0.970. The van der Waals surface area contributed by atoms with Gasteiger partial charge in [-0.3, -0.25) is 4.79 Å². The third-order valence-electron chi connectivity index (χ3n) is 5.29. The van der Waals surface area contributed by atoms with Gasteiger partial charge in [0, 0.05) is 44.0 Å². The first-order valence-electron chi connectivity index (χ1n) is 9.06. The van der Waals surface area contributed by atoms with Crippen LogP contribution in [0.1, 0.15) is 48.5 Å². The molecule has 0 aliphatic carbocycles. The largest absolute Gasteiger partial charge is 0.385 e. The van der Waals surface area contributed by atoms with Gasteiger partial charge in [0.1, 0.15) is 0 Å². The van der Waals surface area contributed by atoms with Crippen LogP contribution in [0.15, 0.2) is 18.2 Å². The fourth-order valence-electron chi connectivity index (χ4n) is 3.91. The van der Waals surface area contributed by atoms with E-state index in [-0.39, 0.29) is 30.7 Å². The molecule has 0 saturated carbocycles. The van der Waals surface area contributed by atoms with Crippen molar-refractivity contribution in [3.8, 4) is 0 Å². The Balaban J connectivity index is 0.00000156. The summed E-state index contributed by atoms with van der Waals surface area (Å²) in [5, 5.41) is 3.42. The third kappa shape index (κ3) is 5.02. The van der Waals surface area contributed by atoms with Crippen molar-refractivity contribution < 1.29 is 4.79 Å². The molecule has 1 amide bonds. The van der Waals surface area contributed by atoms with Gasteiger partial charge in [0.15, 0.2) is 0 Å². The fourth-order valence-corrected chi connectivity index (χ4v) is 3.91. The number of amides is 1. The number of fused-ring (bicyclic) bond motifs is 1. The van der Waals surface area contributed by atoms with E-state index in [4.69, 9.17) is 0 Å². The fraction of sp³-hybridized carbons (Fsp3) is 0.632. The SMILES string of the molecule is CCCN1CCC(N(C)C(=O)c2cccc3c2CCCN3)CC1.Cl.Cl. The van der Waals surface area contributed by atoms with E-state index in [1.165, 1.54) is 18.5 Å². The van der Waals surface area contributed by atoms with Crippen molar-refractivity contribution >= 4 is 36.4 Å². The van der Waals surface area contributed by atoms with E-state index < -0.39 is 0 Å². The van der Waals surface area contributed by atoms with Crippen LogP contribution in [-0.4, -0.2) is 55.0 Å². The second kappa shape index (κ2) is 10.2. The first kappa shape index (κ1) is 22.1. The summed E-state index contributed by atoms with van der Waals surface area (Å²) in [5.74, 6) is 0.194. The summed E-state index contributed by atoms with van der Waals surface area (Å²) in [7, 11) is 1.98. The minimum absolute atomic E-state index is 0. The summed E-state index contributed by atoms with van der Waals surface area (Å²) >= 11 is 0. The van der Waals surface area contributed by atoms with E-state index >= 15 is 0 Å². The lowest BCUT2D eigenvalue weighted by Gasteiger charge is -2.37. The summed E-state index contributed by atoms with van der Waals surface area (Å²) in [6, 6.07) is 6.47. The van der Waals surface area contributed by atoms with Crippen molar-refractivity contribution in [1.82, 2.24) is 9.80 Å². The zero-order valence-corrected chi connectivity index (χ0v) is 16.9. The topological polar surface area (TPSA) is 35.6 Å². The average molecular weight is 388 g/mol. The Bertz CT molecular complexity index is 560. The smallest absolute Gasteiger partial charge is 0.254 e. The predicted molar refractivity (Wildman–Crippen MR) is 110 cm³/mol. The van der Waals surface area contributed by atoms with Crippen LogP contribution in [0.2, 0.25) is 0 Å². The predicted octanol–water partition coefficient (Wildman–Crippen LogP) is 3.83. The molecule has 1 fully saturated rings. The number of rotatable bonds is 4. The normalized spacial score (nSPS) is 17.5. The molecular weight excluding hydrogens is 357 g/mol. The number of carbonyl (C=O) groups excluding carboxylic acids is 1. The van der Waals surface area contributed by atoms with Crippen LogP contribution in [0, 0.1) is 0 Å². The maximum atomic E-state index is 13.0. The molecule has 1 N–H and O–H groups in total. The van der Waals surface area contributed by atoms with Crippen molar-refractivity contribution in [2.45, 2.75) is 45.1 Å². The van der Waals surface area contributed by atoms with Gasteiger partial charge in [-0.25, -0.2) is 0 Å². The Morgan fingerprint density at radius 3 is 2.68 bits per heavy atom. The molecule has 142 valence electrons. The molecule has 0 radical (unpaired) electrons. The highest BCUT2D eigenvalue weighted by Gasteiger charge is 2.27. The van der Waals surface area contributed by atoms with Crippen molar-refractivity contribution in [3.05, 3.63) is 29.3 Å². The highest BCUT2D eigenvalue weighted by atomic mass is 35.5. The Morgan fingerprint density at radius 2 is 2.00 bits per heavy atom. The molecule has 0 unspecified atom stereocenters. The number of halogens is 2. The quantitative estimate of drug-likeness (QED) is 0.852. The van der Waals surface area contributed by atoms with Gasteiger partial charge >= 0.3 is 0 Å². The zero-order chi connectivity index (χ0) is 16.2. The average Bonchev–Trinajstić information content (AvgIpc) is 2.61. The number of hydrogen-bond acceptors (Lipinski definition) is 3. The van der Waals surface area contributed by atoms with E-state index in [2.05, 4.69) is 23.2 Å². The van der Waals surface area contributed by atoms with Crippen molar-refractivity contribution in [3.63, 3.8) is 0 Å². The van der Waals surface area contributed by atoms with Gasteiger partial charge in [-0.15, -0.1) is 24.8 Å². The van der Waals surface area contributed by atoms with E-state index in [1.807, 2.05) is 24.1 Å². The molecule has 6 heteroatoms. The van der Waals surface area contributed by atoms with Crippen LogP contribution in [0.5, 0.6) is 0 Å². The molecule has 0 atom stereocenters. The maximum Gasteiger partial charge on any atom is 0.254 e. The standard InChI is InChI=1S/C19H29N3O.2ClH/c1-3-12-22-13-9-15(10-14-22)21(2)19(23)17-6-4-8-18-16(17)7-5-11-20-18;;/h4,6,8,15,20H,3,5,7,9-14H2,1-2H3;2*1H. The zero-order valence-electron chi connectivity index (χ0n) is 15.3. The highest BCUT2D eigenvalue weighted by molar-refractivity contribution is 5.97. The maximum absolute atomic E-state index is 13.0. The molecular formula is C19H31Cl2N3O. The number of likely N-dealkylation sites (tertiary alicyclic amines) is 1. The first-order valence-corrected chi connectivity index (χ1v) is 9.06. The van der Waals surface area contributed by atoms with E-state index in [0.717, 1.165) is 56.6 Å². The number of carbonyl (C=O) groups is 1. The number of anilines is 1. The lowest BCUT2D eigenvalue weighted by molar-refractivity contribution is 0.0641. The Kier molecular flexibility index (Phi) is 9.04. The summed E-state index contributed by atoms with van der Waals surface area (Å²) in [5.41, 5.74) is 3.25. The van der Waals surface area contributed by atoms with Crippen LogP contribution in [0.4, 0.5) is 5.69 Å². The van der Waals surface area contributed by atoms with Gasteiger partial charge in [0.25, 0.3) is 5.91 Å². The Labute approximate surface area is 164 Å². The molecule has 0 bridgehead atoms. The first-order chi connectivity index (χ1) is 11.2. The molecule has 4 nitrogen and oxygen atoms in total. The minimum Gasteiger partial charge on any atom is -0.385 e. The van der Waals surface area contributed by atoms with Gasteiger partial charge in [0.2, 0.25) is 0 Å².